The van der Waals surface area contributed by atoms with Gasteiger partial charge >= 0.3 is 6.18 Å². The third kappa shape index (κ3) is 3.51. The summed E-state index contributed by atoms with van der Waals surface area (Å²) in [6.45, 7) is 1.55. The van der Waals surface area contributed by atoms with E-state index in [1.54, 1.807) is 19.1 Å². The number of anilines is 1. The number of carbonyl (C=O) groups is 1. The van der Waals surface area contributed by atoms with Gasteiger partial charge in [0.2, 0.25) is 0 Å². The molecule has 0 aliphatic heterocycles. The van der Waals surface area contributed by atoms with E-state index in [4.69, 9.17) is 0 Å². The lowest BCUT2D eigenvalue weighted by atomic mass is 9.85. The maximum Gasteiger partial charge on any atom is 0.396 e. The van der Waals surface area contributed by atoms with Crippen LogP contribution in [0.3, 0.4) is 0 Å². The van der Waals surface area contributed by atoms with E-state index in [2.05, 4.69) is 20.4 Å². The number of alkyl halides is 3. The number of amides is 1. The number of imidazole rings is 1. The highest BCUT2D eigenvalue weighted by Crippen LogP contribution is 2.41. The molecule has 2 unspecified atom stereocenters. The summed E-state index contributed by atoms with van der Waals surface area (Å²) in [5.74, 6) is -3.88. The molecule has 1 aliphatic carbocycles. The third-order valence-electron chi connectivity index (χ3n) is 4.77. The van der Waals surface area contributed by atoms with E-state index in [0.29, 0.717) is 5.69 Å². The maximum atomic E-state index is 13.5. The summed E-state index contributed by atoms with van der Waals surface area (Å²) in [7, 11) is 0. The molecule has 2 atom stereocenters. The Hall–Kier alpha value is -3.69. The molecule has 3 heterocycles. The highest BCUT2D eigenvalue weighted by molar-refractivity contribution is 6.04. The van der Waals surface area contributed by atoms with Crippen molar-refractivity contribution in [2.45, 2.75) is 19.0 Å². The monoisotopic (exact) mass is 415 g/mol. The lowest BCUT2D eigenvalue weighted by Crippen LogP contribution is -2.28. The van der Waals surface area contributed by atoms with Gasteiger partial charge in [0.1, 0.15) is 0 Å². The molecule has 154 valence electrons. The first-order valence-corrected chi connectivity index (χ1v) is 8.98. The summed E-state index contributed by atoms with van der Waals surface area (Å²) in [5, 5.41) is 17.3. The lowest BCUT2D eigenvalue weighted by Gasteiger charge is -2.26. The Morgan fingerprint density at radius 2 is 1.90 bits per heavy atom. The minimum atomic E-state index is -4.50. The molecule has 1 amide bonds. The summed E-state index contributed by atoms with van der Waals surface area (Å²) < 4.78 is 41.5. The topological polar surface area (TPSA) is 92.4 Å². The highest BCUT2D eigenvalue weighted by atomic mass is 19.4. The zero-order valence-electron chi connectivity index (χ0n) is 15.6. The van der Waals surface area contributed by atoms with Crippen LogP contribution < -0.4 is 5.32 Å². The van der Waals surface area contributed by atoms with Crippen molar-refractivity contribution in [2.24, 2.45) is 5.92 Å². The van der Waals surface area contributed by atoms with Crippen molar-refractivity contribution in [1.82, 2.24) is 19.6 Å². The van der Waals surface area contributed by atoms with Crippen LogP contribution in [0, 0.1) is 12.8 Å². The van der Waals surface area contributed by atoms with Gasteiger partial charge in [0.25, 0.3) is 5.91 Å². The van der Waals surface area contributed by atoms with Crippen LogP contribution in [0.5, 0.6) is 5.75 Å². The van der Waals surface area contributed by atoms with Gasteiger partial charge in [0.15, 0.2) is 17.1 Å². The summed E-state index contributed by atoms with van der Waals surface area (Å²) in [6, 6.07) is 4.32. The second-order valence-corrected chi connectivity index (χ2v) is 6.79. The van der Waals surface area contributed by atoms with Crippen molar-refractivity contribution in [1.29, 1.82) is 0 Å². The molecule has 0 bridgehead atoms. The first kappa shape index (κ1) is 19.6. The Labute approximate surface area is 168 Å². The average Bonchev–Trinajstić information content (AvgIpc) is 3.04. The number of aromatic nitrogens is 4. The van der Waals surface area contributed by atoms with Crippen LogP contribution in [0.15, 0.2) is 54.9 Å². The molecule has 2 N–H and O–H groups in total. The molecule has 0 fully saturated rings. The summed E-state index contributed by atoms with van der Waals surface area (Å²) in [6.07, 6.45) is 3.73. The molecule has 1 aliphatic rings. The molecular formula is C20H16F3N5O2. The van der Waals surface area contributed by atoms with E-state index in [1.165, 1.54) is 30.6 Å². The van der Waals surface area contributed by atoms with Crippen LogP contribution in [0.25, 0.3) is 5.65 Å². The van der Waals surface area contributed by atoms with Crippen molar-refractivity contribution < 1.29 is 23.1 Å². The van der Waals surface area contributed by atoms with Crippen LogP contribution in [-0.2, 0) is 0 Å². The summed E-state index contributed by atoms with van der Waals surface area (Å²) in [5.41, 5.74) is 0.710. The van der Waals surface area contributed by atoms with Gasteiger partial charge in [-0.15, -0.1) is 0 Å². The van der Waals surface area contributed by atoms with E-state index in [-0.39, 0.29) is 28.5 Å². The predicted octanol–water partition coefficient (Wildman–Crippen LogP) is 3.78. The number of rotatable bonds is 3. The second-order valence-electron chi connectivity index (χ2n) is 6.79. The molecule has 3 aromatic heterocycles. The molecule has 0 radical (unpaired) electrons. The van der Waals surface area contributed by atoms with Gasteiger partial charge in [-0.3, -0.25) is 9.78 Å². The first-order valence-electron chi connectivity index (χ1n) is 8.98. The van der Waals surface area contributed by atoms with Gasteiger partial charge in [-0.05, 0) is 19.1 Å². The number of carbonyl (C=O) groups excluding carboxylic acids is 1. The molecule has 0 spiro atoms. The van der Waals surface area contributed by atoms with Crippen molar-refractivity contribution in [2.75, 3.05) is 5.32 Å². The smallest absolute Gasteiger partial charge is 0.396 e. The number of allylic oxidation sites excluding steroid dienone is 4. The van der Waals surface area contributed by atoms with Crippen molar-refractivity contribution >= 4 is 17.2 Å². The minimum Gasteiger partial charge on any atom is -0.504 e. The van der Waals surface area contributed by atoms with Crippen LogP contribution in [0.1, 0.15) is 27.8 Å². The van der Waals surface area contributed by atoms with E-state index in [9.17, 15) is 23.1 Å². The molecule has 30 heavy (non-hydrogen) atoms. The van der Waals surface area contributed by atoms with Gasteiger partial charge in [-0.1, -0.05) is 24.3 Å². The Bertz CT molecular complexity index is 1170. The summed E-state index contributed by atoms with van der Waals surface area (Å²) in [4.78, 5) is 20.8. The molecule has 0 aromatic carbocycles. The van der Waals surface area contributed by atoms with E-state index in [1.807, 2.05) is 0 Å². The van der Waals surface area contributed by atoms with Gasteiger partial charge < -0.3 is 10.4 Å². The fourth-order valence-corrected chi connectivity index (χ4v) is 3.38. The van der Waals surface area contributed by atoms with Crippen molar-refractivity contribution in [3.63, 3.8) is 0 Å². The number of halogens is 3. The van der Waals surface area contributed by atoms with E-state index < -0.39 is 23.9 Å². The normalized spacial score (nSPS) is 18.7. The molecule has 7 nitrogen and oxygen atoms in total. The number of nitrogens with one attached hydrogen (secondary N) is 1. The Morgan fingerprint density at radius 1 is 1.20 bits per heavy atom. The standard InChI is InChI=1S/C20H16F3N5O2/c1-11-17(19(30)26-12-6-8-24-9-7-12)28-18(25-11)16(29)10-15(27-28)13-4-2-3-5-14(13)20(21,22)23/h2-10,13-14,29H,1H3,(H,24,26,30). The van der Waals surface area contributed by atoms with Gasteiger partial charge in [-0.25, -0.2) is 9.50 Å². The fraction of sp³-hybridized carbons (Fsp3) is 0.200. The molecule has 0 saturated carbocycles. The number of hydrogen-bond donors (Lipinski definition) is 2. The lowest BCUT2D eigenvalue weighted by molar-refractivity contribution is -0.164. The molecule has 3 aromatic rings. The van der Waals surface area contributed by atoms with Crippen LogP contribution in [0.2, 0.25) is 0 Å². The Balaban J connectivity index is 1.79. The van der Waals surface area contributed by atoms with Crippen LogP contribution in [-0.4, -0.2) is 36.8 Å². The molecule has 4 rings (SSSR count). The number of aryl methyl sites for hydroxylation is 1. The number of aromatic hydroxyl groups is 1. The first-order chi connectivity index (χ1) is 14.3. The highest BCUT2D eigenvalue weighted by Gasteiger charge is 2.44. The zero-order chi connectivity index (χ0) is 21.5. The van der Waals surface area contributed by atoms with Gasteiger partial charge in [0, 0.05) is 30.1 Å². The quantitative estimate of drug-likeness (QED) is 0.679. The van der Waals surface area contributed by atoms with Crippen LogP contribution in [0.4, 0.5) is 18.9 Å². The van der Waals surface area contributed by atoms with E-state index >= 15 is 0 Å². The summed E-state index contributed by atoms with van der Waals surface area (Å²) >= 11 is 0. The third-order valence-corrected chi connectivity index (χ3v) is 4.77. The average molecular weight is 415 g/mol. The number of pyridine rings is 1. The zero-order valence-corrected chi connectivity index (χ0v) is 15.6. The number of nitrogens with zero attached hydrogens (tertiary/aromatic N) is 4. The largest absolute Gasteiger partial charge is 0.504 e. The van der Waals surface area contributed by atoms with Crippen LogP contribution >= 0.6 is 0 Å². The molecule has 10 heteroatoms. The van der Waals surface area contributed by atoms with Gasteiger partial charge in [-0.2, -0.15) is 18.3 Å². The molecule has 0 saturated heterocycles. The SMILES string of the molecule is Cc1nc2c(O)cc(C3C=CC=CC3C(F)(F)F)nn2c1C(=O)Nc1ccncc1. The van der Waals surface area contributed by atoms with Crippen molar-refractivity contribution in [3.05, 3.63) is 72.0 Å². The van der Waals surface area contributed by atoms with Gasteiger partial charge in [0.05, 0.1) is 17.3 Å². The predicted molar refractivity (Wildman–Crippen MR) is 102 cm³/mol. The molecular weight excluding hydrogens is 399 g/mol. The number of fused-ring (bicyclic) bond motifs is 1. The maximum absolute atomic E-state index is 13.5. The Kier molecular flexibility index (Phi) is 4.76. The Morgan fingerprint density at radius 3 is 2.60 bits per heavy atom. The van der Waals surface area contributed by atoms with Crippen molar-refractivity contribution in [3.8, 4) is 5.75 Å². The minimum absolute atomic E-state index is 0.0119. The second kappa shape index (κ2) is 7.29. The van der Waals surface area contributed by atoms with E-state index in [0.717, 1.165) is 16.7 Å². The fourth-order valence-electron chi connectivity index (χ4n) is 3.38. The number of hydrogen-bond acceptors (Lipinski definition) is 5.